The van der Waals surface area contributed by atoms with Crippen LogP contribution in [0.4, 0.5) is 0 Å². The molecule has 1 amide bonds. The summed E-state index contributed by atoms with van der Waals surface area (Å²) in [5.41, 5.74) is -0.767. The molecular formula is C120H161NO19. The van der Waals surface area contributed by atoms with Gasteiger partial charge in [-0.05, 0) is 242 Å². The molecule has 0 radical (unpaired) electrons. The van der Waals surface area contributed by atoms with Gasteiger partial charge in [-0.15, -0.1) is 0 Å². The van der Waals surface area contributed by atoms with E-state index in [4.69, 9.17) is 52.1 Å². The molecule has 8 heterocycles. The fourth-order valence-electron chi connectivity index (χ4n) is 31.0. The van der Waals surface area contributed by atoms with Gasteiger partial charge >= 0.3 is 41.8 Å². The number of carbonyl (C=O) groups is 8. The molecule has 20 heteroatoms. The van der Waals surface area contributed by atoms with Crippen molar-refractivity contribution in [1.29, 1.82) is 0 Å². The Bertz CT molecular complexity index is 4900. The van der Waals surface area contributed by atoms with E-state index in [9.17, 15) is 38.4 Å². The largest absolute Gasteiger partial charge is 0.459 e. The fraction of sp³-hybridized carbons (Fsp3) is 0.667. The SMILES string of the molecule is CCC(=O)N[C@@H]1CC2(C3CCCCC3)OC1(C)[C@@H]1CC[C@@H](C)C1[C@@H]2OC(=O)/C=C/c1ccccc1.CCC(=O)O[C@@H]1C[C@]2(C3CCCCC3)O[C@@]1(C)[C@@H]1CCC(C)C1[C@@H]2OC(=O)/C=C/C1CCCCC1.CCC(=O)O[C@@H]1C[C@]2(C3CCCCC3)O[C@@]1(C)[C@@H]1CC[C@@H](C)C1[C@@H]2OC(=O)/C=C/c1ccccc1.CCC(=O)O[C@@H]1C[C@]2(c3ccccc3)O[C@@]1(C)[C@@H]1CC[C@@H](C)C1[C@@H]2OC(=O)/C=C/c1ccccc1. The fourth-order valence-corrected chi connectivity index (χ4v) is 31.0. The molecule has 4 aromatic carbocycles. The van der Waals surface area contributed by atoms with Crippen molar-refractivity contribution in [3.05, 3.63) is 174 Å². The summed E-state index contributed by atoms with van der Waals surface area (Å²) in [5, 5.41) is 3.33. The van der Waals surface area contributed by atoms with E-state index in [0.717, 1.165) is 119 Å². The summed E-state index contributed by atoms with van der Waals surface area (Å²) in [4.78, 5) is 103. The van der Waals surface area contributed by atoms with E-state index in [2.05, 4.69) is 66.8 Å². The Labute approximate surface area is 833 Å². The molecule has 28 atom stereocenters. The topological polar surface area (TPSA) is 250 Å². The molecule has 20 nitrogen and oxygen atoms in total. The number of benzene rings is 4. The lowest BCUT2D eigenvalue weighted by Gasteiger charge is -2.54. The summed E-state index contributed by atoms with van der Waals surface area (Å²) in [6, 6.07) is 39.4. The molecule has 7 unspecified atom stereocenters. The maximum atomic E-state index is 13.3. The van der Waals surface area contributed by atoms with Crippen molar-refractivity contribution in [2.24, 2.45) is 94.7 Å². The molecule has 8 bridgehead atoms. The van der Waals surface area contributed by atoms with Gasteiger partial charge in [0.1, 0.15) is 81.9 Å². The Kier molecular flexibility index (Phi) is 32.2. The molecule has 1 N–H and O–H groups in total. The summed E-state index contributed by atoms with van der Waals surface area (Å²) in [6.07, 6.45) is 47.5. The third kappa shape index (κ3) is 20.4. The number of rotatable bonds is 24. The summed E-state index contributed by atoms with van der Waals surface area (Å²) < 4.78 is 72.3. The second-order valence-corrected chi connectivity index (χ2v) is 45.9. The molecule has 0 spiro atoms. The molecule has 140 heavy (non-hydrogen) atoms. The second kappa shape index (κ2) is 43.8. The first-order valence-electron chi connectivity index (χ1n) is 54.9. The first kappa shape index (κ1) is 103. The van der Waals surface area contributed by atoms with Gasteiger partial charge in [-0.3, -0.25) is 19.2 Å². The van der Waals surface area contributed by atoms with Gasteiger partial charge in [0.25, 0.3) is 0 Å². The number of nitrogens with one attached hydrogen (secondary N) is 1. The summed E-state index contributed by atoms with van der Waals surface area (Å²) in [6.45, 7) is 25.2. The van der Waals surface area contributed by atoms with Crippen LogP contribution in [-0.2, 0) is 96.1 Å². The molecule has 16 fully saturated rings. The van der Waals surface area contributed by atoms with Crippen molar-refractivity contribution in [1.82, 2.24) is 5.32 Å². The van der Waals surface area contributed by atoms with Crippen molar-refractivity contribution in [3.63, 3.8) is 0 Å². The number of esters is 7. The van der Waals surface area contributed by atoms with E-state index in [-0.39, 0.29) is 132 Å². The Morgan fingerprint density at radius 3 is 0.979 bits per heavy atom. The molecule has 8 saturated carbocycles. The minimum atomic E-state index is -0.870. The van der Waals surface area contributed by atoms with Gasteiger partial charge < -0.3 is 57.4 Å². The standard InChI is InChI=1S/C30H41NO4.C30H46O5.C30H40O5.C30H34O5/c1-4-25(32)31-24-19-30(22-13-9-6-10-14-22)28(27-20(2)15-17-23(27)29(24,3)35-30)34-26(33)18-16-21-11-7-5-8-12-21;3*1-4-25(31)33-24-19-30(22-13-9-6-10-14-22)28(27-20(2)15-17-23(27)29(24,3)35-30)34-26(32)18-16-21-11-7-5-8-12-21/h5,7-8,11-12,16,18,20,22-24,27-28H,4,6,9-10,13-15,17,19H2,1-3H3,(H,31,32);16,18,20-24,27-28H,4-15,17,19H2,1-3H3;5,7-8,11-12,16,18,20,22-24,27-28H,4,6,9-10,13-15,17,19H2,1-3H3;5-14,16,18,20,23-24,27-28H,4,15,17,19H2,1-3H3/b4*18-16+/t20-,23-,24-,27?,28+,29?,30?;20?,23-,24-,27?,28+,29+,30-;2*20-,23-,24-,27?,28+,29+,30-/m1111/s1. The van der Waals surface area contributed by atoms with E-state index in [1.165, 1.54) is 96.0 Å². The third-order valence-corrected chi connectivity index (χ3v) is 38.0. The molecule has 0 aromatic heterocycles. The Balaban J connectivity index is 0.000000129. The summed E-state index contributed by atoms with van der Waals surface area (Å²) in [7, 11) is 0. The van der Waals surface area contributed by atoms with Gasteiger partial charge in [-0.2, -0.15) is 0 Å². The van der Waals surface area contributed by atoms with E-state index in [1.807, 2.05) is 161 Å². The highest BCUT2D eigenvalue weighted by molar-refractivity contribution is 5.89. The Hall–Kier alpha value is -8.56. The van der Waals surface area contributed by atoms with Crippen molar-refractivity contribution in [3.8, 4) is 0 Å². The lowest BCUT2D eigenvalue weighted by Crippen LogP contribution is -2.63. The minimum Gasteiger partial charge on any atom is -0.459 e. The molecular weight excluding hydrogens is 1760 g/mol. The van der Waals surface area contributed by atoms with E-state index >= 15 is 0 Å². The number of hydrogen-bond donors (Lipinski definition) is 1. The van der Waals surface area contributed by atoms with E-state index in [1.54, 1.807) is 24.3 Å². The third-order valence-electron chi connectivity index (χ3n) is 38.0. The smallest absolute Gasteiger partial charge is 0.331 e. The Morgan fingerprint density at radius 2 is 0.621 bits per heavy atom. The first-order chi connectivity index (χ1) is 67.5. The summed E-state index contributed by atoms with van der Waals surface area (Å²) >= 11 is 0. The van der Waals surface area contributed by atoms with Crippen LogP contribution in [0.25, 0.3) is 18.2 Å². The summed E-state index contributed by atoms with van der Waals surface area (Å²) in [5.74, 6) is 3.27. The number of ether oxygens (including phenoxy) is 11. The van der Waals surface area contributed by atoms with Gasteiger partial charge in [-0.1, -0.05) is 260 Å². The molecule has 16 aliphatic rings. The van der Waals surface area contributed by atoms with Gasteiger partial charge in [0.15, 0.2) is 0 Å². The quantitative estimate of drug-likeness (QED) is 0.0389. The van der Waals surface area contributed by atoms with Crippen LogP contribution >= 0.6 is 0 Å². The number of hydrogen-bond acceptors (Lipinski definition) is 19. The monoisotopic (exact) mass is 1920 g/mol. The average molecular weight is 1920 g/mol. The van der Waals surface area contributed by atoms with Gasteiger partial charge in [0.05, 0.1) is 11.6 Å². The lowest BCUT2D eigenvalue weighted by molar-refractivity contribution is -0.270. The zero-order chi connectivity index (χ0) is 98.5. The maximum Gasteiger partial charge on any atom is 0.331 e. The van der Waals surface area contributed by atoms with Crippen LogP contribution in [0.1, 0.15) is 336 Å². The molecule has 20 rings (SSSR count). The van der Waals surface area contributed by atoms with Crippen molar-refractivity contribution in [2.75, 3.05) is 0 Å². The van der Waals surface area contributed by atoms with Crippen LogP contribution in [0.2, 0.25) is 0 Å². The van der Waals surface area contributed by atoms with Crippen LogP contribution in [-0.4, -0.2) is 136 Å². The number of fused-ring (bicyclic) bond motifs is 16. The Morgan fingerprint density at radius 1 is 0.321 bits per heavy atom. The second-order valence-electron chi connectivity index (χ2n) is 45.9. The average Bonchev–Trinajstić information content (AvgIpc) is 1.54. The highest BCUT2D eigenvalue weighted by atomic mass is 16.7. The van der Waals surface area contributed by atoms with Crippen LogP contribution in [0, 0.1) is 94.7 Å². The zero-order valence-corrected chi connectivity index (χ0v) is 85.7. The van der Waals surface area contributed by atoms with Crippen LogP contribution in [0.3, 0.4) is 0 Å². The number of allylic oxidation sites excluding steroid dienone is 1. The van der Waals surface area contributed by atoms with Crippen LogP contribution in [0.5, 0.6) is 0 Å². The van der Waals surface area contributed by atoms with Crippen molar-refractivity contribution >= 4 is 65.9 Å². The van der Waals surface area contributed by atoms with Crippen molar-refractivity contribution < 1.29 is 90.5 Å². The van der Waals surface area contributed by atoms with Crippen molar-refractivity contribution in [2.45, 2.75) is 408 Å². The molecule has 4 aromatic rings. The van der Waals surface area contributed by atoms with Gasteiger partial charge in [0, 0.05) is 99.3 Å². The van der Waals surface area contributed by atoms with E-state index < -0.39 is 57.0 Å². The highest BCUT2D eigenvalue weighted by Gasteiger charge is 2.78. The van der Waals surface area contributed by atoms with Gasteiger partial charge in [0.2, 0.25) is 5.91 Å². The maximum absolute atomic E-state index is 13.3. The normalized spacial score (nSPS) is 38.9. The first-order valence-corrected chi connectivity index (χ1v) is 54.9. The molecule has 8 saturated heterocycles. The van der Waals surface area contributed by atoms with E-state index in [0.29, 0.717) is 92.3 Å². The van der Waals surface area contributed by atoms with Crippen LogP contribution < -0.4 is 5.32 Å². The molecule has 8 aliphatic heterocycles. The molecule has 8 aliphatic carbocycles. The zero-order valence-electron chi connectivity index (χ0n) is 85.7. The van der Waals surface area contributed by atoms with Gasteiger partial charge in [-0.25, -0.2) is 19.2 Å². The van der Waals surface area contributed by atoms with Crippen LogP contribution in [0.15, 0.2) is 152 Å². The highest BCUT2D eigenvalue weighted by Crippen LogP contribution is 2.70. The predicted octanol–water partition coefficient (Wildman–Crippen LogP) is 24.0. The lowest BCUT2D eigenvalue weighted by atomic mass is 9.66. The molecule has 760 valence electrons. The minimum absolute atomic E-state index is 0.0433. The number of carbonyl (C=O) groups excluding carboxylic acids is 8. The number of amides is 1. The predicted molar refractivity (Wildman–Crippen MR) is 538 cm³/mol.